The van der Waals surface area contributed by atoms with Gasteiger partial charge in [-0.3, -0.25) is 9.78 Å². The molecule has 1 aromatic carbocycles. The zero-order valence-electron chi connectivity index (χ0n) is 10.2. The lowest BCUT2D eigenvalue weighted by atomic mass is 9.97. The highest BCUT2D eigenvalue weighted by Gasteiger charge is 2.15. The number of nitrogens with zero attached hydrogens (tertiary/aromatic N) is 1. The van der Waals surface area contributed by atoms with Crippen molar-refractivity contribution in [1.29, 1.82) is 0 Å². The molecule has 0 aliphatic heterocycles. The number of hydrogen-bond donors (Lipinski definition) is 1. The van der Waals surface area contributed by atoms with E-state index in [4.69, 9.17) is 4.74 Å². The average molecular weight is 243 g/mol. The zero-order valence-corrected chi connectivity index (χ0v) is 10.2. The lowest BCUT2D eigenvalue weighted by Gasteiger charge is -2.11. The molecule has 2 aromatic rings. The monoisotopic (exact) mass is 243 g/mol. The normalized spacial score (nSPS) is 10.1. The molecule has 0 saturated heterocycles. The summed E-state index contributed by atoms with van der Waals surface area (Å²) in [5.41, 5.74) is 2.70. The first-order valence-electron chi connectivity index (χ1n) is 5.45. The van der Waals surface area contributed by atoms with E-state index in [1.54, 1.807) is 24.5 Å². The van der Waals surface area contributed by atoms with Crippen LogP contribution in [0.1, 0.15) is 15.9 Å². The Labute approximate surface area is 105 Å². The summed E-state index contributed by atoms with van der Waals surface area (Å²) < 4.78 is 4.99. The highest BCUT2D eigenvalue weighted by atomic mass is 16.5. The molecule has 4 heteroatoms. The van der Waals surface area contributed by atoms with Gasteiger partial charge in [0.05, 0.1) is 12.7 Å². The average Bonchev–Trinajstić information content (AvgIpc) is 2.39. The first-order chi connectivity index (χ1) is 8.69. The smallest absolute Gasteiger partial charge is 0.169 e. The van der Waals surface area contributed by atoms with E-state index in [0.717, 1.165) is 11.1 Å². The summed E-state index contributed by atoms with van der Waals surface area (Å²) in [6.07, 6.45) is 4.00. The maximum Gasteiger partial charge on any atom is 0.169 e. The van der Waals surface area contributed by atoms with Crippen molar-refractivity contribution < 1.29 is 14.6 Å². The molecule has 0 unspecified atom stereocenters. The van der Waals surface area contributed by atoms with Crippen LogP contribution in [0.2, 0.25) is 0 Å². The first-order valence-corrected chi connectivity index (χ1v) is 5.45. The number of carbonyl (C=O) groups excluding carboxylic acids is 1. The third-order valence-electron chi connectivity index (χ3n) is 2.83. The highest BCUT2D eigenvalue weighted by Crippen LogP contribution is 2.36. The van der Waals surface area contributed by atoms with Crippen LogP contribution in [0, 0.1) is 6.92 Å². The number of aromatic nitrogens is 1. The molecule has 1 aromatic heterocycles. The molecule has 0 bridgehead atoms. The van der Waals surface area contributed by atoms with Crippen molar-refractivity contribution in [2.45, 2.75) is 6.92 Å². The number of carbonyl (C=O) groups is 1. The summed E-state index contributed by atoms with van der Waals surface area (Å²) in [4.78, 5) is 15.2. The number of aldehydes is 1. The van der Waals surface area contributed by atoms with Gasteiger partial charge in [0.1, 0.15) is 0 Å². The molecule has 0 amide bonds. The Morgan fingerprint density at radius 1 is 1.28 bits per heavy atom. The van der Waals surface area contributed by atoms with Gasteiger partial charge in [0.15, 0.2) is 17.8 Å². The summed E-state index contributed by atoms with van der Waals surface area (Å²) in [6.45, 7) is 1.90. The second-order valence-electron chi connectivity index (χ2n) is 3.89. The summed E-state index contributed by atoms with van der Waals surface area (Å²) in [5, 5.41) is 9.95. The number of pyridine rings is 1. The van der Waals surface area contributed by atoms with E-state index in [1.807, 2.05) is 13.0 Å². The summed E-state index contributed by atoms with van der Waals surface area (Å²) in [6, 6.07) is 5.20. The number of hydrogen-bond acceptors (Lipinski definition) is 4. The highest BCUT2D eigenvalue weighted by molar-refractivity contribution is 5.92. The molecular weight excluding hydrogens is 230 g/mol. The van der Waals surface area contributed by atoms with E-state index in [9.17, 15) is 9.90 Å². The molecule has 0 spiro atoms. The molecule has 18 heavy (non-hydrogen) atoms. The molecule has 4 nitrogen and oxygen atoms in total. The Bertz CT molecular complexity index is 594. The molecule has 2 rings (SSSR count). The Hall–Kier alpha value is -2.36. The van der Waals surface area contributed by atoms with Crippen LogP contribution in [0.4, 0.5) is 0 Å². The molecule has 0 fully saturated rings. The van der Waals surface area contributed by atoms with Crippen molar-refractivity contribution in [2.75, 3.05) is 7.11 Å². The van der Waals surface area contributed by atoms with E-state index < -0.39 is 0 Å². The number of aryl methyl sites for hydroxylation is 1. The summed E-state index contributed by atoms with van der Waals surface area (Å²) in [7, 11) is 1.45. The molecule has 0 atom stereocenters. The van der Waals surface area contributed by atoms with Gasteiger partial charge in [-0.25, -0.2) is 0 Å². The second-order valence-corrected chi connectivity index (χ2v) is 3.89. The van der Waals surface area contributed by atoms with Crippen LogP contribution in [-0.2, 0) is 0 Å². The second kappa shape index (κ2) is 4.87. The molecule has 1 heterocycles. The van der Waals surface area contributed by atoms with Crippen LogP contribution in [0.15, 0.2) is 30.6 Å². The van der Waals surface area contributed by atoms with Gasteiger partial charge in [-0.15, -0.1) is 0 Å². The number of aromatic hydroxyl groups is 1. The topological polar surface area (TPSA) is 59.4 Å². The Kier molecular flexibility index (Phi) is 3.28. The molecule has 0 aliphatic rings. The molecular formula is C14H13NO3. The predicted octanol–water partition coefficient (Wildman–Crippen LogP) is 2.58. The standard InChI is InChI=1S/C14H13NO3/c1-9-7-15-6-5-10(9)11-3-4-13(18-2)14(17)12(11)8-16/h3-8,17H,1-2H3. The number of ether oxygens (including phenoxy) is 1. The maximum atomic E-state index is 11.2. The third-order valence-corrected chi connectivity index (χ3v) is 2.83. The number of phenolic OH excluding ortho intramolecular Hbond substituents is 1. The zero-order chi connectivity index (χ0) is 13.1. The molecule has 0 aliphatic carbocycles. The lowest BCUT2D eigenvalue weighted by Crippen LogP contribution is -1.94. The van der Waals surface area contributed by atoms with E-state index in [0.29, 0.717) is 11.8 Å². The Morgan fingerprint density at radius 3 is 2.67 bits per heavy atom. The van der Waals surface area contributed by atoms with Crippen molar-refractivity contribution in [3.63, 3.8) is 0 Å². The van der Waals surface area contributed by atoms with Gasteiger partial charge in [0.25, 0.3) is 0 Å². The maximum absolute atomic E-state index is 11.2. The SMILES string of the molecule is COc1ccc(-c2ccncc2C)c(C=O)c1O. The van der Waals surface area contributed by atoms with Crippen molar-refractivity contribution in [3.05, 3.63) is 41.7 Å². The predicted molar refractivity (Wildman–Crippen MR) is 68.0 cm³/mol. The van der Waals surface area contributed by atoms with Crippen LogP contribution in [0.25, 0.3) is 11.1 Å². The van der Waals surface area contributed by atoms with E-state index >= 15 is 0 Å². The van der Waals surface area contributed by atoms with Gasteiger partial charge >= 0.3 is 0 Å². The van der Waals surface area contributed by atoms with E-state index in [2.05, 4.69) is 4.98 Å². The third kappa shape index (κ3) is 1.93. The number of benzene rings is 1. The number of phenols is 1. The van der Waals surface area contributed by atoms with Crippen LogP contribution in [0.5, 0.6) is 11.5 Å². The Morgan fingerprint density at radius 2 is 2.06 bits per heavy atom. The minimum atomic E-state index is -0.138. The summed E-state index contributed by atoms with van der Waals surface area (Å²) in [5.74, 6) is 0.147. The van der Waals surface area contributed by atoms with Crippen molar-refractivity contribution >= 4 is 6.29 Å². The summed E-state index contributed by atoms with van der Waals surface area (Å²) >= 11 is 0. The van der Waals surface area contributed by atoms with E-state index in [-0.39, 0.29) is 17.1 Å². The molecule has 1 N–H and O–H groups in total. The fourth-order valence-corrected chi connectivity index (χ4v) is 1.88. The molecule has 92 valence electrons. The Balaban J connectivity index is 2.69. The van der Waals surface area contributed by atoms with Crippen molar-refractivity contribution in [3.8, 4) is 22.6 Å². The first kappa shape index (κ1) is 12.1. The quantitative estimate of drug-likeness (QED) is 0.842. The minimum Gasteiger partial charge on any atom is -0.504 e. The van der Waals surface area contributed by atoms with Crippen LogP contribution >= 0.6 is 0 Å². The van der Waals surface area contributed by atoms with Crippen LogP contribution in [-0.4, -0.2) is 23.5 Å². The van der Waals surface area contributed by atoms with E-state index in [1.165, 1.54) is 7.11 Å². The molecule has 0 saturated carbocycles. The van der Waals surface area contributed by atoms with Crippen molar-refractivity contribution in [1.82, 2.24) is 4.98 Å². The minimum absolute atomic E-state index is 0.138. The van der Waals surface area contributed by atoms with Gasteiger partial charge in [0, 0.05) is 12.4 Å². The van der Waals surface area contributed by atoms with Gasteiger partial charge in [-0.05, 0) is 41.8 Å². The number of methoxy groups -OCH3 is 1. The van der Waals surface area contributed by atoms with Crippen LogP contribution in [0.3, 0.4) is 0 Å². The van der Waals surface area contributed by atoms with Gasteiger partial charge < -0.3 is 9.84 Å². The van der Waals surface area contributed by atoms with Gasteiger partial charge in [-0.2, -0.15) is 0 Å². The van der Waals surface area contributed by atoms with Crippen molar-refractivity contribution in [2.24, 2.45) is 0 Å². The van der Waals surface area contributed by atoms with Gasteiger partial charge in [-0.1, -0.05) is 0 Å². The largest absolute Gasteiger partial charge is 0.504 e. The fourth-order valence-electron chi connectivity index (χ4n) is 1.88. The van der Waals surface area contributed by atoms with Gasteiger partial charge in [0.2, 0.25) is 0 Å². The lowest BCUT2D eigenvalue weighted by molar-refractivity contribution is 0.112. The molecule has 0 radical (unpaired) electrons. The van der Waals surface area contributed by atoms with Crippen LogP contribution < -0.4 is 4.74 Å². The number of rotatable bonds is 3. The fraction of sp³-hybridized carbons (Fsp3) is 0.143.